The summed E-state index contributed by atoms with van der Waals surface area (Å²) in [5.41, 5.74) is 5.36. The molecular formula is C25H22ClN3O3. The van der Waals surface area contributed by atoms with Crippen LogP contribution in [0.3, 0.4) is 0 Å². The Morgan fingerprint density at radius 2 is 1.88 bits per heavy atom. The first-order valence-corrected chi connectivity index (χ1v) is 10.5. The molecule has 0 aliphatic carbocycles. The number of ether oxygens (including phenoxy) is 1. The number of halogens is 1. The number of carboxylic acids is 1. The van der Waals surface area contributed by atoms with E-state index in [1.165, 1.54) is 0 Å². The summed E-state index contributed by atoms with van der Waals surface area (Å²) in [6.45, 7) is 0. The summed E-state index contributed by atoms with van der Waals surface area (Å²) < 4.78 is 5.81. The van der Waals surface area contributed by atoms with E-state index in [1.807, 2.05) is 48.5 Å². The van der Waals surface area contributed by atoms with Gasteiger partial charge in [0, 0.05) is 35.6 Å². The summed E-state index contributed by atoms with van der Waals surface area (Å²) in [5, 5.41) is 13.4. The van der Waals surface area contributed by atoms with Crippen molar-refractivity contribution in [3.63, 3.8) is 0 Å². The zero-order valence-electron chi connectivity index (χ0n) is 17.7. The average molecular weight is 448 g/mol. The maximum Gasteiger partial charge on any atom is 0.303 e. The van der Waals surface area contributed by atoms with E-state index in [4.69, 9.17) is 21.4 Å². The average Bonchev–Trinajstić information content (AvgIpc) is 2.81. The third-order valence-corrected chi connectivity index (χ3v) is 5.52. The first-order chi connectivity index (χ1) is 15.5. The van der Waals surface area contributed by atoms with E-state index in [-0.39, 0.29) is 6.42 Å². The molecule has 0 radical (unpaired) electrons. The van der Waals surface area contributed by atoms with E-state index < -0.39 is 5.97 Å². The number of benzene rings is 3. The van der Waals surface area contributed by atoms with Gasteiger partial charge in [0.15, 0.2) is 5.75 Å². The highest BCUT2D eigenvalue weighted by Crippen LogP contribution is 2.42. The first-order valence-electron chi connectivity index (χ1n) is 10.1. The van der Waals surface area contributed by atoms with Gasteiger partial charge in [0.25, 0.3) is 0 Å². The fourth-order valence-electron chi connectivity index (χ4n) is 3.71. The van der Waals surface area contributed by atoms with Gasteiger partial charge < -0.3 is 15.2 Å². The van der Waals surface area contributed by atoms with Crippen LogP contribution in [0.15, 0.2) is 60.8 Å². The summed E-state index contributed by atoms with van der Waals surface area (Å²) in [4.78, 5) is 20.0. The molecule has 0 saturated heterocycles. The lowest BCUT2D eigenvalue weighted by Crippen LogP contribution is -2.00. The molecule has 0 fully saturated rings. The van der Waals surface area contributed by atoms with Gasteiger partial charge in [0.1, 0.15) is 5.52 Å². The van der Waals surface area contributed by atoms with Crippen LogP contribution in [0.2, 0.25) is 5.02 Å². The minimum absolute atomic E-state index is 0.0985. The summed E-state index contributed by atoms with van der Waals surface area (Å²) in [6.07, 6.45) is 2.37. The summed E-state index contributed by atoms with van der Waals surface area (Å²) in [6, 6.07) is 17.6. The highest BCUT2D eigenvalue weighted by molar-refractivity contribution is 6.31. The monoisotopic (exact) mass is 447 g/mol. The number of nitrogens with one attached hydrogen (secondary N) is 1. The highest BCUT2D eigenvalue weighted by atomic mass is 35.5. The molecule has 4 rings (SSSR count). The second-order valence-corrected chi connectivity index (χ2v) is 7.75. The number of aryl methyl sites for hydroxylation is 1. The number of nitrogens with zero attached hydrogens (tertiary/aromatic N) is 2. The smallest absolute Gasteiger partial charge is 0.303 e. The van der Waals surface area contributed by atoms with Gasteiger partial charge in [0.05, 0.1) is 7.11 Å². The molecule has 162 valence electrons. The van der Waals surface area contributed by atoms with Crippen LogP contribution in [0.25, 0.3) is 33.2 Å². The predicted molar refractivity (Wildman–Crippen MR) is 127 cm³/mol. The van der Waals surface area contributed by atoms with Gasteiger partial charge in [0.2, 0.25) is 5.95 Å². The van der Waals surface area contributed by atoms with Crippen molar-refractivity contribution in [2.45, 2.75) is 12.8 Å². The second-order valence-electron chi connectivity index (χ2n) is 7.31. The number of rotatable bonds is 7. The van der Waals surface area contributed by atoms with Crippen molar-refractivity contribution >= 4 is 34.4 Å². The number of fused-ring (bicyclic) bond motifs is 1. The number of anilines is 1. The molecular weight excluding hydrogens is 426 g/mol. The van der Waals surface area contributed by atoms with Crippen LogP contribution >= 0.6 is 11.6 Å². The zero-order valence-corrected chi connectivity index (χ0v) is 18.5. The molecule has 0 saturated carbocycles. The Hall–Kier alpha value is -3.64. The van der Waals surface area contributed by atoms with E-state index in [9.17, 15) is 4.79 Å². The van der Waals surface area contributed by atoms with Crippen molar-refractivity contribution in [3.8, 4) is 28.0 Å². The lowest BCUT2D eigenvalue weighted by molar-refractivity contribution is -0.136. The van der Waals surface area contributed by atoms with Gasteiger partial charge >= 0.3 is 5.97 Å². The molecule has 4 aromatic rings. The molecule has 0 amide bonds. The highest BCUT2D eigenvalue weighted by Gasteiger charge is 2.18. The largest absolute Gasteiger partial charge is 0.494 e. The molecule has 1 aromatic heterocycles. The van der Waals surface area contributed by atoms with Gasteiger partial charge in [-0.15, -0.1) is 0 Å². The molecule has 0 aliphatic heterocycles. The number of carbonyl (C=O) groups is 1. The van der Waals surface area contributed by atoms with Gasteiger partial charge in [-0.3, -0.25) is 4.79 Å². The Bertz CT molecular complexity index is 1290. The summed E-state index contributed by atoms with van der Waals surface area (Å²) in [7, 11) is 3.39. The summed E-state index contributed by atoms with van der Waals surface area (Å²) >= 11 is 6.27. The second kappa shape index (κ2) is 9.24. The SMILES string of the molecule is CNc1ncc2c(-c3cccc(Cl)c3)cc(-c3ccc(CCC(=O)O)cc3)c(OC)c2n1. The number of hydrogen-bond acceptors (Lipinski definition) is 5. The molecule has 0 unspecified atom stereocenters. The number of methoxy groups -OCH3 is 1. The fourth-order valence-corrected chi connectivity index (χ4v) is 3.90. The van der Waals surface area contributed by atoms with Crippen LogP contribution in [0.4, 0.5) is 5.95 Å². The lowest BCUT2D eigenvalue weighted by Gasteiger charge is -2.16. The Morgan fingerprint density at radius 3 is 2.53 bits per heavy atom. The van der Waals surface area contributed by atoms with Gasteiger partial charge in [-0.2, -0.15) is 0 Å². The predicted octanol–water partition coefficient (Wildman–Crippen LogP) is 5.68. The Labute approximate surface area is 190 Å². The van der Waals surface area contributed by atoms with Crippen LogP contribution in [-0.2, 0) is 11.2 Å². The van der Waals surface area contributed by atoms with Gasteiger partial charge in [-0.25, -0.2) is 9.97 Å². The minimum atomic E-state index is -0.809. The van der Waals surface area contributed by atoms with Crippen molar-refractivity contribution in [1.82, 2.24) is 9.97 Å². The Kier molecular flexibility index (Phi) is 6.23. The Morgan fingerprint density at radius 1 is 1.09 bits per heavy atom. The topological polar surface area (TPSA) is 84.3 Å². The molecule has 0 aliphatic rings. The van der Waals surface area contributed by atoms with Crippen molar-refractivity contribution < 1.29 is 14.6 Å². The van der Waals surface area contributed by atoms with Crippen molar-refractivity contribution in [2.75, 3.05) is 19.5 Å². The molecule has 0 atom stereocenters. The number of aromatic nitrogens is 2. The van der Waals surface area contributed by atoms with E-state index in [0.717, 1.165) is 33.2 Å². The van der Waals surface area contributed by atoms with Crippen LogP contribution in [0, 0.1) is 0 Å². The third-order valence-electron chi connectivity index (χ3n) is 5.28. The summed E-state index contributed by atoms with van der Waals surface area (Å²) in [5.74, 6) is 0.327. The van der Waals surface area contributed by atoms with Gasteiger partial charge in [-0.05, 0) is 46.9 Å². The van der Waals surface area contributed by atoms with Crippen LogP contribution < -0.4 is 10.1 Å². The van der Waals surface area contributed by atoms with Crippen LogP contribution in [-0.4, -0.2) is 35.2 Å². The molecule has 0 bridgehead atoms. The first kappa shape index (κ1) is 21.6. The van der Waals surface area contributed by atoms with Crippen LogP contribution in [0.5, 0.6) is 5.75 Å². The normalized spacial score (nSPS) is 10.8. The lowest BCUT2D eigenvalue weighted by atomic mass is 9.94. The molecule has 0 spiro atoms. The molecule has 32 heavy (non-hydrogen) atoms. The molecule has 7 heteroatoms. The van der Waals surface area contributed by atoms with E-state index >= 15 is 0 Å². The standard InChI is InChI=1S/C25H22ClN3O3/c1-27-25-28-14-21-19(17-4-3-5-18(26)12-17)13-20(24(32-2)23(21)29-25)16-9-6-15(7-10-16)8-11-22(30)31/h3-7,9-10,12-14H,8,11H2,1-2H3,(H,30,31)(H,27,28,29). The van der Waals surface area contributed by atoms with E-state index in [0.29, 0.717) is 28.7 Å². The third kappa shape index (κ3) is 4.36. The van der Waals surface area contributed by atoms with Crippen molar-refractivity contribution in [1.29, 1.82) is 0 Å². The molecule has 2 N–H and O–H groups in total. The Balaban J connectivity index is 1.92. The minimum Gasteiger partial charge on any atom is -0.494 e. The number of hydrogen-bond donors (Lipinski definition) is 2. The van der Waals surface area contributed by atoms with Gasteiger partial charge in [-0.1, -0.05) is 48.0 Å². The molecule has 6 nitrogen and oxygen atoms in total. The van der Waals surface area contributed by atoms with Crippen molar-refractivity contribution in [2.24, 2.45) is 0 Å². The molecule has 1 heterocycles. The number of aliphatic carboxylic acids is 1. The zero-order chi connectivity index (χ0) is 22.7. The quantitative estimate of drug-likeness (QED) is 0.379. The van der Waals surface area contributed by atoms with E-state index in [2.05, 4.69) is 21.4 Å². The fraction of sp³-hybridized carbons (Fsp3) is 0.160. The molecule has 3 aromatic carbocycles. The number of carboxylic acid groups (broad SMARTS) is 1. The maximum atomic E-state index is 10.9. The maximum absolute atomic E-state index is 10.9. The van der Waals surface area contributed by atoms with Crippen LogP contribution in [0.1, 0.15) is 12.0 Å². The van der Waals surface area contributed by atoms with E-state index in [1.54, 1.807) is 20.4 Å². The van der Waals surface area contributed by atoms with Crippen molar-refractivity contribution in [3.05, 3.63) is 71.4 Å².